The summed E-state index contributed by atoms with van der Waals surface area (Å²) in [6.07, 6.45) is 7.65. The van der Waals surface area contributed by atoms with Gasteiger partial charge in [-0.2, -0.15) is 0 Å². The third-order valence-corrected chi connectivity index (χ3v) is 5.26. The summed E-state index contributed by atoms with van der Waals surface area (Å²) in [5, 5.41) is 0. The van der Waals surface area contributed by atoms with Crippen LogP contribution in [-0.4, -0.2) is 25.7 Å². The maximum atomic E-state index is 13.1. The van der Waals surface area contributed by atoms with E-state index in [1.165, 1.54) is 12.0 Å². The van der Waals surface area contributed by atoms with Crippen LogP contribution in [0.15, 0.2) is 36.4 Å². The first kappa shape index (κ1) is 13.1. The van der Waals surface area contributed by atoms with Gasteiger partial charge in [0.1, 0.15) is 0 Å². The molecule has 4 rings (SSSR count). The van der Waals surface area contributed by atoms with Crippen molar-refractivity contribution in [1.82, 2.24) is 0 Å². The van der Waals surface area contributed by atoms with E-state index in [-0.39, 0.29) is 12.0 Å². The lowest BCUT2D eigenvalue weighted by atomic mass is 9.92. The highest BCUT2D eigenvalue weighted by Crippen LogP contribution is 2.46. The van der Waals surface area contributed by atoms with Crippen molar-refractivity contribution in [1.29, 1.82) is 0 Å². The van der Waals surface area contributed by atoms with Crippen molar-refractivity contribution in [2.75, 3.05) is 18.6 Å². The monoisotopic (exact) mass is 283 g/mol. The van der Waals surface area contributed by atoms with Gasteiger partial charge in [0.2, 0.25) is 5.91 Å². The highest BCUT2D eigenvalue weighted by Gasteiger charge is 2.44. The second-order valence-corrected chi connectivity index (χ2v) is 6.54. The lowest BCUT2D eigenvalue weighted by Crippen LogP contribution is -2.44. The molecule has 1 saturated carbocycles. The Labute approximate surface area is 125 Å². The van der Waals surface area contributed by atoms with Gasteiger partial charge in [-0.1, -0.05) is 30.4 Å². The fraction of sp³-hybridized carbons (Fsp3) is 0.500. The zero-order valence-corrected chi connectivity index (χ0v) is 12.4. The molecule has 0 radical (unpaired) electrons. The van der Waals surface area contributed by atoms with E-state index in [4.69, 9.17) is 4.74 Å². The number of anilines is 1. The van der Waals surface area contributed by atoms with Gasteiger partial charge in [0.25, 0.3) is 0 Å². The molecule has 110 valence electrons. The Bertz CT molecular complexity index is 595. The molecular formula is C18H21NO2. The van der Waals surface area contributed by atoms with Crippen LogP contribution >= 0.6 is 0 Å². The molecule has 0 aromatic heterocycles. The van der Waals surface area contributed by atoms with E-state index in [2.05, 4.69) is 30.4 Å². The molecule has 1 heterocycles. The van der Waals surface area contributed by atoms with Crippen molar-refractivity contribution in [2.24, 2.45) is 17.8 Å². The molecule has 3 aliphatic rings. The molecule has 1 aromatic carbocycles. The van der Waals surface area contributed by atoms with E-state index in [1.807, 2.05) is 11.0 Å². The van der Waals surface area contributed by atoms with Gasteiger partial charge in [-0.15, -0.1) is 0 Å². The van der Waals surface area contributed by atoms with Gasteiger partial charge in [0, 0.05) is 18.7 Å². The molecule has 4 atom stereocenters. The number of nitrogens with zero attached hydrogens (tertiary/aromatic N) is 1. The van der Waals surface area contributed by atoms with Gasteiger partial charge in [0.15, 0.2) is 0 Å². The molecular weight excluding hydrogens is 262 g/mol. The number of rotatable bonds is 3. The van der Waals surface area contributed by atoms with Crippen LogP contribution in [0.2, 0.25) is 0 Å². The summed E-state index contributed by atoms with van der Waals surface area (Å²) in [6, 6.07) is 8.44. The first-order chi connectivity index (χ1) is 10.3. The van der Waals surface area contributed by atoms with Crippen LogP contribution in [-0.2, 0) is 16.0 Å². The summed E-state index contributed by atoms with van der Waals surface area (Å²) in [7, 11) is 1.71. The topological polar surface area (TPSA) is 29.5 Å². The second-order valence-electron chi connectivity index (χ2n) is 6.54. The molecule has 1 aliphatic heterocycles. The van der Waals surface area contributed by atoms with Crippen LogP contribution in [0, 0.1) is 17.8 Å². The second kappa shape index (κ2) is 4.99. The van der Waals surface area contributed by atoms with Gasteiger partial charge in [-0.25, -0.2) is 0 Å². The number of allylic oxidation sites excluding steroid dienone is 2. The molecule has 1 amide bonds. The fourth-order valence-electron chi connectivity index (χ4n) is 4.33. The van der Waals surface area contributed by atoms with Crippen molar-refractivity contribution in [3.05, 3.63) is 42.0 Å². The minimum absolute atomic E-state index is 0.156. The number of hydrogen-bond acceptors (Lipinski definition) is 2. The molecule has 0 saturated heterocycles. The van der Waals surface area contributed by atoms with E-state index in [0.29, 0.717) is 24.3 Å². The Hall–Kier alpha value is -1.61. The van der Waals surface area contributed by atoms with Crippen LogP contribution in [0.3, 0.4) is 0 Å². The first-order valence-corrected chi connectivity index (χ1v) is 7.86. The third kappa shape index (κ3) is 2.03. The largest absolute Gasteiger partial charge is 0.383 e. The Kier molecular flexibility index (Phi) is 3.11. The number of benzene rings is 1. The number of hydrogen-bond donors (Lipinski definition) is 0. The molecule has 0 unspecified atom stereocenters. The average Bonchev–Trinajstić information content (AvgIpc) is 3.20. The van der Waals surface area contributed by atoms with Gasteiger partial charge < -0.3 is 9.64 Å². The zero-order valence-electron chi connectivity index (χ0n) is 12.4. The molecule has 1 fully saturated rings. The number of ether oxygens (including phenoxy) is 1. The average molecular weight is 283 g/mol. The van der Waals surface area contributed by atoms with Crippen LogP contribution in [0.4, 0.5) is 5.69 Å². The van der Waals surface area contributed by atoms with Gasteiger partial charge in [-0.3, -0.25) is 4.79 Å². The quantitative estimate of drug-likeness (QED) is 0.798. The molecule has 21 heavy (non-hydrogen) atoms. The van der Waals surface area contributed by atoms with Crippen molar-refractivity contribution in [2.45, 2.75) is 25.3 Å². The maximum Gasteiger partial charge on any atom is 0.231 e. The minimum Gasteiger partial charge on any atom is -0.383 e. The Balaban J connectivity index is 1.64. The third-order valence-electron chi connectivity index (χ3n) is 5.26. The van der Waals surface area contributed by atoms with Gasteiger partial charge in [-0.05, 0) is 42.7 Å². The highest BCUT2D eigenvalue weighted by atomic mass is 16.5. The van der Waals surface area contributed by atoms with Crippen LogP contribution < -0.4 is 4.90 Å². The number of amides is 1. The van der Waals surface area contributed by atoms with Crippen LogP contribution in [0.5, 0.6) is 0 Å². The molecule has 2 bridgehead atoms. The molecule has 3 heteroatoms. The predicted octanol–water partition coefficient (Wildman–Crippen LogP) is 2.80. The molecule has 0 N–H and O–H groups in total. The summed E-state index contributed by atoms with van der Waals surface area (Å²) in [5.41, 5.74) is 2.36. The van der Waals surface area contributed by atoms with E-state index >= 15 is 0 Å². The number of fused-ring (bicyclic) bond motifs is 3. The van der Waals surface area contributed by atoms with Crippen LogP contribution in [0.1, 0.15) is 18.4 Å². The SMILES string of the molecule is COC[C@@H]1Cc2ccccc2N1C(=O)[C@@H]1C[C@@H]2C=C[C@H]1C2. The number of carbonyl (C=O) groups excluding carboxylic acids is 1. The Morgan fingerprint density at radius 3 is 2.86 bits per heavy atom. The molecule has 0 spiro atoms. The maximum absolute atomic E-state index is 13.1. The standard InChI is InChI=1S/C18H21NO2/c1-21-11-15-10-14-4-2-3-5-17(14)19(15)18(20)16-9-12-6-7-13(16)8-12/h2-7,12-13,15-16H,8-11H2,1H3/t12-,13+,15+,16-/m1/s1. The predicted molar refractivity (Wildman–Crippen MR) is 82.1 cm³/mol. The lowest BCUT2D eigenvalue weighted by Gasteiger charge is -2.30. The van der Waals surface area contributed by atoms with Gasteiger partial charge >= 0.3 is 0 Å². The summed E-state index contributed by atoms with van der Waals surface area (Å²) >= 11 is 0. The smallest absolute Gasteiger partial charge is 0.231 e. The normalized spacial score (nSPS) is 32.7. The summed E-state index contributed by atoms with van der Waals surface area (Å²) in [5.74, 6) is 1.56. The van der Waals surface area contributed by atoms with Crippen molar-refractivity contribution < 1.29 is 9.53 Å². The van der Waals surface area contributed by atoms with E-state index in [9.17, 15) is 4.79 Å². The van der Waals surface area contributed by atoms with E-state index < -0.39 is 0 Å². The van der Waals surface area contributed by atoms with Gasteiger partial charge in [0.05, 0.1) is 12.6 Å². The van der Waals surface area contributed by atoms with E-state index in [0.717, 1.165) is 18.5 Å². The fourth-order valence-corrected chi connectivity index (χ4v) is 4.33. The lowest BCUT2D eigenvalue weighted by molar-refractivity contribution is -0.123. The number of para-hydroxylation sites is 1. The zero-order chi connectivity index (χ0) is 14.4. The van der Waals surface area contributed by atoms with Crippen molar-refractivity contribution in [3.8, 4) is 0 Å². The van der Waals surface area contributed by atoms with Crippen LogP contribution in [0.25, 0.3) is 0 Å². The molecule has 1 aromatic rings. The van der Waals surface area contributed by atoms with E-state index in [1.54, 1.807) is 7.11 Å². The Morgan fingerprint density at radius 1 is 1.29 bits per heavy atom. The summed E-state index contributed by atoms with van der Waals surface area (Å²) in [6.45, 7) is 0.608. The Morgan fingerprint density at radius 2 is 2.14 bits per heavy atom. The molecule has 3 nitrogen and oxygen atoms in total. The highest BCUT2D eigenvalue weighted by molar-refractivity contribution is 5.98. The summed E-state index contributed by atoms with van der Waals surface area (Å²) in [4.78, 5) is 15.1. The van der Waals surface area contributed by atoms with Crippen molar-refractivity contribution in [3.63, 3.8) is 0 Å². The first-order valence-electron chi connectivity index (χ1n) is 7.86. The molecule has 2 aliphatic carbocycles. The minimum atomic E-state index is 0.156. The summed E-state index contributed by atoms with van der Waals surface area (Å²) < 4.78 is 5.35. The number of carbonyl (C=O) groups is 1. The van der Waals surface area contributed by atoms with Crippen molar-refractivity contribution >= 4 is 11.6 Å². The number of methoxy groups -OCH3 is 1.